The molecule has 3 heteroatoms. The van der Waals surface area contributed by atoms with Gasteiger partial charge in [0.05, 0.1) is 7.11 Å². The molecule has 0 spiro atoms. The van der Waals surface area contributed by atoms with Crippen LogP contribution >= 0.6 is 11.3 Å². The fraction of sp³-hybridized carbons (Fsp3) is 0.176. The lowest BCUT2D eigenvalue weighted by atomic mass is 10.0. The Kier molecular flexibility index (Phi) is 3.72. The van der Waals surface area contributed by atoms with Crippen LogP contribution in [0.4, 0.5) is 0 Å². The molecule has 0 saturated heterocycles. The summed E-state index contributed by atoms with van der Waals surface area (Å²) in [6, 6.07) is 18.6. The molecule has 0 saturated carbocycles. The van der Waals surface area contributed by atoms with Gasteiger partial charge in [-0.05, 0) is 35.6 Å². The Morgan fingerprint density at radius 1 is 1.10 bits per heavy atom. The summed E-state index contributed by atoms with van der Waals surface area (Å²) in [5, 5.41) is 1.27. The minimum absolute atomic E-state index is 0.00343. The zero-order chi connectivity index (χ0) is 13.9. The molecule has 0 aliphatic carbocycles. The number of hydrogen-bond donors (Lipinski definition) is 1. The zero-order valence-corrected chi connectivity index (χ0v) is 12.2. The number of para-hydroxylation sites is 1. The summed E-state index contributed by atoms with van der Waals surface area (Å²) in [6.45, 7) is 0. The maximum atomic E-state index is 6.37. The topological polar surface area (TPSA) is 35.2 Å². The van der Waals surface area contributed by atoms with Crippen LogP contribution < -0.4 is 10.5 Å². The molecular weight excluding hydrogens is 266 g/mol. The van der Waals surface area contributed by atoms with Crippen molar-refractivity contribution in [3.8, 4) is 5.75 Å². The van der Waals surface area contributed by atoms with E-state index in [9.17, 15) is 0 Å². The van der Waals surface area contributed by atoms with E-state index in [1.54, 1.807) is 18.4 Å². The summed E-state index contributed by atoms with van der Waals surface area (Å²) >= 11 is 1.77. The van der Waals surface area contributed by atoms with Crippen molar-refractivity contribution >= 4 is 21.4 Å². The Morgan fingerprint density at radius 2 is 1.85 bits per heavy atom. The number of nitrogens with two attached hydrogens (primary N) is 1. The smallest absolute Gasteiger partial charge is 0.122 e. The molecule has 3 rings (SSSR count). The molecule has 0 bridgehead atoms. The van der Waals surface area contributed by atoms with Gasteiger partial charge in [-0.3, -0.25) is 0 Å². The molecule has 0 aliphatic heterocycles. The molecule has 0 amide bonds. The van der Waals surface area contributed by atoms with E-state index in [-0.39, 0.29) is 6.04 Å². The fourth-order valence-corrected chi connectivity index (χ4v) is 3.46. The predicted molar refractivity (Wildman–Crippen MR) is 85.5 cm³/mol. The second kappa shape index (κ2) is 5.65. The van der Waals surface area contributed by atoms with E-state index >= 15 is 0 Å². The summed E-state index contributed by atoms with van der Waals surface area (Å²) in [5.74, 6) is 0.907. The Labute approximate surface area is 122 Å². The third-order valence-corrected chi connectivity index (χ3v) is 4.69. The van der Waals surface area contributed by atoms with Gasteiger partial charge in [0.25, 0.3) is 0 Å². The van der Waals surface area contributed by atoms with Crippen LogP contribution in [0.2, 0.25) is 0 Å². The number of benzene rings is 2. The van der Waals surface area contributed by atoms with E-state index in [0.717, 1.165) is 17.7 Å². The standard InChI is InChI=1S/C17H17NOS/c1-19-15-8-4-2-6-12(15)10-14(18)17-11-13-7-3-5-9-16(13)20-17/h2-9,11,14H,10,18H2,1H3. The van der Waals surface area contributed by atoms with E-state index in [2.05, 4.69) is 36.4 Å². The summed E-state index contributed by atoms with van der Waals surface area (Å²) in [6.07, 6.45) is 0.789. The van der Waals surface area contributed by atoms with Gasteiger partial charge in [-0.1, -0.05) is 36.4 Å². The van der Waals surface area contributed by atoms with E-state index in [1.807, 2.05) is 18.2 Å². The van der Waals surface area contributed by atoms with Crippen molar-refractivity contribution in [3.63, 3.8) is 0 Å². The number of rotatable bonds is 4. The lowest BCUT2D eigenvalue weighted by Gasteiger charge is -2.12. The first-order chi connectivity index (χ1) is 9.78. The van der Waals surface area contributed by atoms with Gasteiger partial charge in [0.1, 0.15) is 5.75 Å². The summed E-state index contributed by atoms with van der Waals surface area (Å²) in [7, 11) is 1.70. The van der Waals surface area contributed by atoms with Crippen LogP contribution in [0.3, 0.4) is 0 Å². The van der Waals surface area contributed by atoms with Crippen LogP contribution in [-0.2, 0) is 6.42 Å². The minimum Gasteiger partial charge on any atom is -0.496 e. The Hall–Kier alpha value is -1.84. The van der Waals surface area contributed by atoms with Crippen LogP contribution in [0.25, 0.3) is 10.1 Å². The SMILES string of the molecule is COc1ccccc1CC(N)c1cc2ccccc2s1. The number of hydrogen-bond acceptors (Lipinski definition) is 3. The van der Waals surface area contributed by atoms with Gasteiger partial charge >= 0.3 is 0 Å². The molecule has 2 aromatic carbocycles. The number of ether oxygens (including phenoxy) is 1. The molecule has 102 valence electrons. The normalized spacial score (nSPS) is 12.5. The van der Waals surface area contributed by atoms with Gasteiger partial charge < -0.3 is 10.5 Å². The molecule has 1 unspecified atom stereocenters. The molecule has 1 heterocycles. The van der Waals surface area contributed by atoms with Crippen molar-refractivity contribution in [2.24, 2.45) is 5.73 Å². The van der Waals surface area contributed by atoms with Gasteiger partial charge in [-0.15, -0.1) is 11.3 Å². The van der Waals surface area contributed by atoms with Gasteiger partial charge in [0.15, 0.2) is 0 Å². The Morgan fingerprint density at radius 3 is 2.65 bits per heavy atom. The van der Waals surface area contributed by atoms with E-state index < -0.39 is 0 Å². The zero-order valence-electron chi connectivity index (χ0n) is 11.4. The van der Waals surface area contributed by atoms with Crippen LogP contribution in [-0.4, -0.2) is 7.11 Å². The number of thiophene rings is 1. The van der Waals surface area contributed by atoms with Crippen LogP contribution in [0.5, 0.6) is 5.75 Å². The average Bonchev–Trinajstić information content (AvgIpc) is 2.92. The van der Waals surface area contributed by atoms with Gasteiger partial charge in [-0.2, -0.15) is 0 Å². The van der Waals surface area contributed by atoms with Crippen molar-refractivity contribution < 1.29 is 4.74 Å². The van der Waals surface area contributed by atoms with Crippen molar-refractivity contribution in [3.05, 3.63) is 65.0 Å². The highest BCUT2D eigenvalue weighted by Crippen LogP contribution is 2.31. The first-order valence-electron chi connectivity index (χ1n) is 6.64. The average molecular weight is 283 g/mol. The highest BCUT2D eigenvalue weighted by atomic mass is 32.1. The van der Waals surface area contributed by atoms with Gasteiger partial charge in [-0.25, -0.2) is 0 Å². The summed E-state index contributed by atoms with van der Waals surface area (Å²) in [4.78, 5) is 1.22. The second-order valence-corrected chi connectivity index (χ2v) is 5.92. The molecule has 20 heavy (non-hydrogen) atoms. The summed E-state index contributed by atoms with van der Waals surface area (Å²) in [5.41, 5.74) is 7.52. The van der Waals surface area contributed by atoms with Crippen molar-refractivity contribution in [2.75, 3.05) is 7.11 Å². The van der Waals surface area contributed by atoms with E-state index in [4.69, 9.17) is 10.5 Å². The fourth-order valence-electron chi connectivity index (χ4n) is 2.39. The molecule has 2 N–H and O–H groups in total. The second-order valence-electron chi connectivity index (χ2n) is 4.81. The van der Waals surface area contributed by atoms with Crippen molar-refractivity contribution in [1.82, 2.24) is 0 Å². The Balaban J connectivity index is 1.87. The highest BCUT2D eigenvalue weighted by Gasteiger charge is 2.13. The molecule has 1 atom stereocenters. The third kappa shape index (κ3) is 2.55. The molecule has 0 aliphatic rings. The van der Waals surface area contributed by atoms with E-state index in [0.29, 0.717) is 0 Å². The van der Waals surface area contributed by atoms with Crippen molar-refractivity contribution in [2.45, 2.75) is 12.5 Å². The number of fused-ring (bicyclic) bond motifs is 1. The van der Waals surface area contributed by atoms with Crippen LogP contribution in [0.15, 0.2) is 54.6 Å². The van der Waals surface area contributed by atoms with Gasteiger partial charge in [0.2, 0.25) is 0 Å². The quantitative estimate of drug-likeness (QED) is 0.780. The highest BCUT2D eigenvalue weighted by molar-refractivity contribution is 7.19. The molecule has 3 aromatic rings. The maximum Gasteiger partial charge on any atom is 0.122 e. The summed E-state index contributed by atoms with van der Waals surface area (Å²) < 4.78 is 6.68. The van der Waals surface area contributed by atoms with Gasteiger partial charge in [0, 0.05) is 15.6 Å². The lowest BCUT2D eigenvalue weighted by molar-refractivity contribution is 0.408. The third-order valence-electron chi connectivity index (χ3n) is 3.44. The predicted octanol–water partition coefficient (Wildman–Crippen LogP) is 4.15. The molecule has 0 radical (unpaired) electrons. The minimum atomic E-state index is 0.00343. The van der Waals surface area contributed by atoms with Crippen LogP contribution in [0.1, 0.15) is 16.5 Å². The molecule has 2 nitrogen and oxygen atoms in total. The number of methoxy groups -OCH3 is 1. The maximum absolute atomic E-state index is 6.37. The first-order valence-corrected chi connectivity index (χ1v) is 7.45. The van der Waals surface area contributed by atoms with E-state index in [1.165, 1.54) is 15.0 Å². The molecular formula is C17H17NOS. The monoisotopic (exact) mass is 283 g/mol. The molecule has 0 fully saturated rings. The Bertz CT molecular complexity index is 687. The molecule has 1 aromatic heterocycles. The first kappa shape index (κ1) is 13.2. The largest absolute Gasteiger partial charge is 0.496 e. The lowest BCUT2D eigenvalue weighted by Crippen LogP contribution is -2.12. The van der Waals surface area contributed by atoms with Crippen LogP contribution in [0, 0.1) is 0 Å². The van der Waals surface area contributed by atoms with Crippen molar-refractivity contribution in [1.29, 1.82) is 0 Å².